The molecule has 0 saturated carbocycles. The fourth-order valence-electron chi connectivity index (χ4n) is 0.797. The van der Waals surface area contributed by atoms with Crippen LogP contribution in [-0.4, -0.2) is 12.5 Å². The van der Waals surface area contributed by atoms with Gasteiger partial charge in [0.15, 0.2) is 0 Å². The predicted octanol–water partition coefficient (Wildman–Crippen LogP) is 3.11. The number of rotatable bonds is 2. The molecule has 0 aliphatic heterocycles. The molecule has 0 bridgehead atoms. The van der Waals surface area contributed by atoms with Gasteiger partial charge in [-0.1, -0.05) is 18.2 Å². The normalized spacial score (nSPS) is 13.8. The van der Waals surface area contributed by atoms with E-state index in [1.807, 2.05) is 0 Å². The Bertz CT molecular complexity index is 308. The van der Waals surface area contributed by atoms with Crippen molar-refractivity contribution in [3.05, 3.63) is 36.8 Å². The van der Waals surface area contributed by atoms with E-state index in [1.54, 1.807) is 6.07 Å². The van der Waals surface area contributed by atoms with E-state index in [2.05, 4.69) is 11.7 Å². The van der Waals surface area contributed by atoms with Gasteiger partial charge in [-0.05, 0) is 18.6 Å². The average Bonchev–Trinajstić information content (AvgIpc) is 2.07. The molecule has 1 nitrogen and oxygen atoms in total. The summed E-state index contributed by atoms with van der Waals surface area (Å²) in [6.07, 6.45) is -8.33. The van der Waals surface area contributed by atoms with Crippen LogP contribution in [0.1, 0.15) is 5.56 Å². The van der Waals surface area contributed by atoms with Crippen LogP contribution in [0.3, 0.4) is 0 Å². The van der Waals surface area contributed by atoms with Gasteiger partial charge in [-0.25, -0.2) is 0 Å². The molecule has 0 amide bonds. The minimum Gasteiger partial charge on any atom is -0.452 e. The molecule has 0 N–H and O–H groups in total. The molecule has 1 unspecified atom stereocenters. The summed E-state index contributed by atoms with van der Waals surface area (Å²) in [5.41, 5.74) is 0.208. The average molecular weight is 207 g/mol. The number of alkyl halides is 4. The Kier molecular flexibility index (Phi) is 2.98. The summed E-state index contributed by atoms with van der Waals surface area (Å²) < 4.78 is 51.7. The number of hydrogen-bond donors (Lipinski definition) is 0. The summed E-state index contributed by atoms with van der Waals surface area (Å²) in [5.74, 6) is -0.211. The van der Waals surface area contributed by atoms with E-state index >= 15 is 0 Å². The molecule has 0 aliphatic rings. The maximum atomic E-state index is 12.4. The third kappa shape index (κ3) is 2.61. The van der Waals surface area contributed by atoms with E-state index in [0.717, 1.165) is 0 Å². The molecular weight excluding hydrogens is 200 g/mol. The van der Waals surface area contributed by atoms with Crippen molar-refractivity contribution < 1.29 is 22.3 Å². The fraction of sp³-hybridized carbons (Fsp3) is 0.222. The second-order valence-electron chi connectivity index (χ2n) is 2.58. The Labute approximate surface area is 78.3 Å². The van der Waals surface area contributed by atoms with Crippen molar-refractivity contribution in [2.24, 2.45) is 0 Å². The smallest absolute Gasteiger partial charge is 0.452 e. The van der Waals surface area contributed by atoms with E-state index in [1.165, 1.54) is 18.2 Å². The van der Waals surface area contributed by atoms with E-state index in [0.29, 0.717) is 0 Å². The molecule has 0 aromatic heterocycles. The Morgan fingerprint density at radius 2 is 1.79 bits per heavy atom. The van der Waals surface area contributed by atoms with Gasteiger partial charge in [-0.2, -0.15) is 17.6 Å². The van der Waals surface area contributed by atoms with Gasteiger partial charge in [-0.3, -0.25) is 0 Å². The first-order valence-electron chi connectivity index (χ1n) is 3.69. The number of ether oxygens (including phenoxy) is 1. The molecule has 1 aromatic rings. The minimum atomic E-state index is -5.01. The third-order valence-corrected chi connectivity index (χ3v) is 1.46. The zero-order valence-electron chi connectivity index (χ0n) is 7.01. The molecule has 0 aliphatic carbocycles. The number of benzene rings is 1. The Morgan fingerprint density at radius 3 is 2.29 bits per heavy atom. The largest absolute Gasteiger partial charge is 0.457 e. The molecule has 5 heteroatoms. The van der Waals surface area contributed by atoms with Crippen molar-refractivity contribution in [3.63, 3.8) is 0 Å². The van der Waals surface area contributed by atoms with Crippen LogP contribution in [0.25, 0.3) is 0 Å². The van der Waals surface area contributed by atoms with E-state index in [-0.39, 0.29) is 11.3 Å². The van der Waals surface area contributed by atoms with Crippen LogP contribution < -0.4 is 4.74 Å². The molecule has 0 saturated heterocycles. The maximum absolute atomic E-state index is 12.4. The molecule has 1 radical (unpaired) electrons. The van der Waals surface area contributed by atoms with Crippen molar-refractivity contribution in [3.8, 4) is 5.75 Å². The van der Waals surface area contributed by atoms with Crippen LogP contribution in [0, 0.1) is 6.92 Å². The molecule has 0 spiro atoms. The molecule has 14 heavy (non-hydrogen) atoms. The SMILES string of the molecule is [CH2]c1ccccc1OC(F)C(F)(F)F. The highest BCUT2D eigenvalue weighted by Crippen LogP contribution is 2.27. The predicted molar refractivity (Wildman–Crippen MR) is 42.5 cm³/mol. The number of hydrogen-bond acceptors (Lipinski definition) is 1. The van der Waals surface area contributed by atoms with Gasteiger partial charge < -0.3 is 4.74 Å². The zero-order chi connectivity index (χ0) is 10.8. The van der Waals surface area contributed by atoms with Gasteiger partial charge in [-0.15, -0.1) is 0 Å². The van der Waals surface area contributed by atoms with Gasteiger partial charge in [0, 0.05) is 0 Å². The van der Waals surface area contributed by atoms with E-state index in [4.69, 9.17) is 0 Å². The zero-order valence-corrected chi connectivity index (χ0v) is 7.01. The second kappa shape index (κ2) is 3.86. The molecule has 1 atom stereocenters. The number of halogens is 4. The molecule has 77 valence electrons. The van der Waals surface area contributed by atoms with Crippen molar-refractivity contribution in [2.45, 2.75) is 12.5 Å². The first-order chi connectivity index (χ1) is 6.41. The summed E-state index contributed by atoms with van der Waals surface area (Å²) >= 11 is 0. The summed E-state index contributed by atoms with van der Waals surface area (Å²) in [7, 11) is 0. The topological polar surface area (TPSA) is 9.23 Å². The fourth-order valence-corrected chi connectivity index (χ4v) is 0.797. The Morgan fingerprint density at radius 1 is 1.21 bits per heavy atom. The Balaban J connectivity index is 2.75. The molecular formula is C9H7F4O. The highest BCUT2D eigenvalue weighted by Gasteiger charge is 2.42. The van der Waals surface area contributed by atoms with Crippen LogP contribution in [0.5, 0.6) is 5.75 Å². The molecule has 1 aromatic carbocycles. The van der Waals surface area contributed by atoms with Crippen LogP contribution in [0.4, 0.5) is 17.6 Å². The number of para-hydroxylation sites is 1. The summed E-state index contributed by atoms with van der Waals surface area (Å²) in [6, 6.07) is 5.65. The lowest BCUT2D eigenvalue weighted by molar-refractivity contribution is -0.236. The highest BCUT2D eigenvalue weighted by molar-refractivity contribution is 5.35. The van der Waals surface area contributed by atoms with Crippen molar-refractivity contribution >= 4 is 0 Å². The second-order valence-corrected chi connectivity index (χ2v) is 2.58. The van der Waals surface area contributed by atoms with Crippen molar-refractivity contribution in [2.75, 3.05) is 0 Å². The van der Waals surface area contributed by atoms with Crippen molar-refractivity contribution in [1.29, 1.82) is 0 Å². The van der Waals surface area contributed by atoms with Crippen LogP contribution in [-0.2, 0) is 0 Å². The van der Waals surface area contributed by atoms with Gasteiger partial charge in [0.2, 0.25) is 0 Å². The van der Waals surface area contributed by atoms with Crippen LogP contribution >= 0.6 is 0 Å². The molecule has 1 rings (SSSR count). The van der Waals surface area contributed by atoms with Gasteiger partial charge >= 0.3 is 12.5 Å². The highest BCUT2D eigenvalue weighted by atomic mass is 19.4. The Hall–Kier alpha value is -1.26. The summed E-state index contributed by atoms with van der Waals surface area (Å²) in [6.45, 7) is 3.40. The van der Waals surface area contributed by atoms with Crippen LogP contribution in [0.15, 0.2) is 24.3 Å². The van der Waals surface area contributed by atoms with Gasteiger partial charge in [0.05, 0.1) is 0 Å². The molecule has 0 fully saturated rings. The minimum absolute atomic E-state index is 0.208. The molecule has 0 heterocycles. The van der Waals surface area contributed by atoms with Crippen LogP contribution in [0.2, 0.25) is 0 Å². The third-order valence-electron chi connectivity index (χ3n) is 1.46. The van der Waals surface area contributed by atoms with E-state index in [9.17, 15) is 17.6 Å². The lowest BCUT2D eigenvalue weighted by Crippen LogP contribution is -2.30. The first kappa shape index (κ1) is 10.8. The quantitative estimate of drug-likeness (QED) is 0.677. The van der Waals surface area contributed by atoms with Crippen molar-refractivity contribution in [1.82, 2.24) is 0 Å². The lowest BCUT2D eigenvalue weighted by atomic mass is 10.2. The van der Waals surface area contributed by atoms with Gasteiger partial charge in [0.25, 0.3) is 0 Å². The van der Waals surface area contributed by atoms with E-state index < -0.39 is 12.5 Å². The summed E-state index contributed by atoms with van der Waals surface area (Å²) in [4.78, 5) is 0. The first-order valence-corrected chi connectivity index (χ1v) is 3.69. The monoisotopic (exact) mass is 207 g/mol. The lowest BCUT2D eigenvalue weighted by Gasteiger charge is -2.15. The maximum Gasteiger partial charge on any atom is 0.457 e. The standard InChI is InChI=1S/C9H7F4O/c1-6-4-2-3-5-7(6)14-8(10)9(11,12)13/h2-5,8H,1H2. The van der Waals surface area contributed by atoms with Gasteiger partial charge in [0.1, 0.15) is 5.75 Å². The summed E-state index contributed by atoms with van der Waals surface area (Å²) in [5, 5.41) is 0.